The van der Waals surface area contributed by atoms with Gasteiger partial charge in [-0.3, -0.25) is 10.1 Å². The fourth-order valence-electron chi connectivity index (χ4n) is 1.66. The van der Waals surface area contributed by atoms with Crippen LogP contribution in [0.1, 0.15) is 0 Å². The van der Waals surface area contributed by atoms with Crippen LogP contribution in [0, 0.1) is 13.7 Å². The summed E-state index contributed by atoms with van der Waals surface area (Å²) >= 11 is 2.08. The van der Waals surface area contributed by atoms with Gasteiger partial charge in [-0.15, -0.1) is 0 Å². The molecule has 0 aliphatic rings. The number of pyridine rings is 1. The predicted octanol–water partition coefficient (Wildman–Crippen LogP) is 2.20. The Morgan fingerprint density at radius 1 is 1.65 bits per heavy atom. The highest BCUT2D eigenvalue weighted by molar-refractivity contribution is 14.1. The maximum absolute atomic E-state index is 10.9. The Hall–Kier alpha value is -1.22. The maximum atomic E-state index is 10.9. The summed E-state index contributed by atoms with van der Waals surface area (Å²) in [6, 6.07) is 1.42. The van der Waals surface area contributed by atoms with Crippen molar-refractivity contribution in [3.8, 4) is 0 Å². The third-order valence-corrected chi connectivity index (χ3v) is 3.24. The lowest BCUT2D eigenvalue weighted by atomic mass is 10.3. The molecule has 0 N–H and O–H groups in total. The molecule has 0 spiro atoms. The molecule has 90 valence electrons. The number of nitrogens with zero attached hydrogens (tertiary/aromatic N) is 3. The summed E-state index contributed by atoms with van der Waals surface area (Å²) in [7, 11) is 1.62. The number of hydrogen-bond acceptors (Lipinski definition) is 4. The van der Waals surface area contributed by atoms with Crippen LogP contribution in [-0.4, -0.2) is 28.2 Å². The zero-order valence-electron chi connectivity index (χ0n) is 9.09. The summed E-state index contributed by atoms with van der Waals surface area (Å²) in [5.74, 6) is 0. The molecule has 0 aliphatic heterocycles. The van der Waals surface area contributed by atoms with E-state index in [2.05, 4.69) is 27.6 Å². The number of nitro groups is 1. The lowest BCUT2D eigenvalue weighted by Crippen LogP contribution is -2.03. The third-order valence-electron chi connectivity index (χ3n) is 2.42. The van der Waals surface area contributed by atoms with Crippen LogP contribution in [0.2, 0.25) is 0 Å². The van der Waals surface area contributed by atoms with Gasteiger partial charge in [-0.05, 0) is 22.6 Å². The maximum Gasteiger partial charge on any atom is 0.283 e. The number of ether oxygens (including phenoxy) is 1. The number of fused-ring (bicyclic) bond motifs is 1. The first kappa shape index (κ1) is 12.2. The van der Waals surface area contributed by atoms with Crippen LogP contribution in [-0.2, 0) is 11.3 Å². The van der Waals surface area contributed by atoms with Gasteiger partial charge in [0, 0.05) is 35.7 Å². The monoisotopic (exact) mass is 347 g/mol. The molecule has 0 saturated carbocycles. The van der Waals surface area contributed by atoms with Crippen LogP contribution < -0.4 is 0 Å². The largest absolute Gasteiger partial charge is 0.383 e. The van der Waals surface area contributed by atoms with Crippen LogP contribution in [0.5, 0.6) is 0 Å². The lowest BCUT2D eigenvalue weighted by Gasteiger charge is -2.02. The summed E-state index contributed by atoms with van der Waals surface area (Å²) in [6.45, 7) is 1.18. The normalized spacial score (nSPS) is 10.9. The number of halogens is 1. The molecule has 0 saturated heterocycles. The molecule has 0 aromatic carbocycles. The minimum atomic E-state index is -0.382. The Labute approximate surface area is 111 Å². The summed E-state index contributed by atoms with van der Waals surface area (Å²) in [6.07, 6.45) is 3.31. The average molecular weight is 347 g/mol. The standard InChI is InChI=1S/C10H10IN3O3/c1-17-5-4-13-6-7(11)9-8(14(15)16)2-3-12-10(9)13/h2-3,6H,4-5H2,1H3. The molecule has 2 rings (SSSR count). The van der Waals surface area contributed by atoms with Crippen LogP contribution in [0.25, 0.3) is 11.0 Å². The summed E-state index contributed by atoms with van der Waals surface area (Å²) in [4.78, 5) is 14.7. The van der Waals surface area contributed by atoms with E-state index >= 15 is 0 Å². The predicted molar refractivity (Wildman–Crippen MR) is 71.0 cm³/mol. The van der Waals surface area contributed by atoms with Gasteiger partial charge in [0.2, 0.25) is 0 Å². The molecule has 0 fully saturated rings. The molecule has 0 bridgehead atoms. The first-order chi connectivity index (χ1) is 8.15. The van der Waals surface area contributed by atoms with E-state index in [-0.39, 0.29) is 10.6 Å². The Kier molecular flexibility index (Phi) is 3.57. The quantitative estimate of drug-likeness (QED) is 0.483. The van der Waals surface area contributed by atoms with E-state index in [1.807, 2.05) is 10.8 Å². The molecule has 0 aliphatic carbocycles. The smallest absolute Gasteiger partial charge is 0.283 e. The zero-order valence-corrected chi connectivity index (χ0v) is 11.2. The van der Waals surface area contributed by atoms with E-state index in [1.165, 1.54) is 12.3 Å². The molecule has 0 amide bonds. The van der Waals surface area contributed by atoms with Crippen LogP contribution in [0.3, 0.4) is 0 Å². The minimum absolute atomic E-state index is 0.0931. The van der Waals surface area contributed by atoms with Gasteiger partial charge in [0.1, 0.15) is 11.0 Å². The molecule has 17 heavy (non-hydrogen) atoms. The van der Waals surface area contributed by atoms with Crippen molar-refractivity contribution < 1.29 is 9.66 Å². The number of aromatic nitrogens is 2. The van der Waals surface area contributed by atoms with Gasteiger partial charge in [0.05, 0.1) is 11.5 Å². The van der Waals surface area contributed by atoms with Gasteiger partial charge in [-0.25, -0.2) is 4.98 Å². The lowest BCUT2D eigenvalue weighted by molar-refractivity contribution is -0.383. The molecular formula is C10H10IN3O3. The number of rotatable bonds is 4. The minimum Gasteiger partial charge on any atom is -0.383 e. The van der Waals surface area contributed by atoms with E-state index in [1.54, 1.807) is 7.11 Å². The highest BCUT2D eigenvalue weighted by Gasteiger charge is 2.18. The molecule has 6 nitrogen and oxygen atoms in total. The highest BCUT2D eigenvalue weighted by Crippen LogP contribution is 2.29. The van der Waals surface area contributed by atoms with Gasteiger partial charge in [-0.1, -0.05) is 0 Å². The van der Waals surface area contributed by atoms with E-state index < -0.39 is 0 Å². The summed E-state index contributed by atoms with van der Waals surface area (Å²) in [5, 5.41) is 11.5. The van der Waals surface area contributed by atoms with Crippen LogP contribution in [0.15, 0.2) is 18.5 Å². The van der Waals surface area contributed by atoms with E-state index in [9.17, 15) is 10.1 Å². The van der Waals surface area contributed by atoms with E-state index in [0.29, 0.717) is 24.2 Å². The van der Waals surface area contributed by atoms with E-state index in [0.717, 1.165) is 3.57 Å². The van der Waals surface area contributed by atoms with Crippen molar-refractivity contribution in [2.24, 2.45) is 0 Å². The second-order valence-electron chi connectivity index (χ2n) is 3.45. The topological polar surface area (TPSA) is 70.2 Å². The van der Waals surface area contributed by atoms with Gasteiger partial charge < -0.3 is 9.30 Å². The average Bonchev–Trinajstić information content (AvgIpc) is 2.64. The van der Waals surface area contributed by atoms with Crippen molar-refractivity contribution >= 4 is 39.3 Å². The molecule has 0 unspecified atom stereocenters. The first-order valence-electron chi connectivity index (χ1n) is 4.92. The van der Waals surface area contributed by atoms with Gasteiger partial charge in [0.15, 0.2) is 0 Å². The Morgan fingerprint density at radius 2 is 2.41 bits per heavy atom. The van der Waals surface area contributed by atoms with Crippen molar-refractivity contribution in [3.63, 3.8) is 0 Å². The Morgan fingerprint density at radius 3 is 3.06 bits per heavy atom. The van der Waals surface area contributed by atoms with Gasteiger partial charge in [0.25, 0.3) is 5.69 Å². The molecule has 0 atom stereocenters. The highest BCUT2D eigenvalue weighted by atomic mass is 127. The van der Waals surface area contributed by atoms with Crippen molar-refractivity contribution in [1.29, 1.82) is 0 Å². The summed E-state index contributed by atoms with van der Waals surface area (Å²) in [5.41, 5.74) is 0.719. The second kappa shape index (κ2) is 4.96. The molecule has 2 aromatic rings. The Bertz CT molecular complexity index is 567. The van der Waals surface area contributed by atoms with Crippen molar-refractivity contribution in [3.05, 3.63) is 32.1 Å². The second-order valence-corrected chi connectivity index (χ2v) is 4.61. The van der Waals surface area contributed by atoms with Gasteiger partial charge >= 0.3 is 0 Å². The van der Waals surface area contributed by atoms with Crippen LogP contribution >= 0.6 is 22.6 Å². The zero-order chi connectivity index (χ0) is 12.4. The fraction of sp³-hybridized carbons (Fsp3) is 0.300. The van der Waals surface area contributed by atoms with Gasteiger partial charge in [-0.2, -0.15) is 0 Å². The molecule has 2 heterocycles. The van der Waals surface area contributed by atoms with Crippen molar-refractivity contribution in [1.82, 2.24) is 9.55 Å². The number of hydrogen-bond donors (Lipinski definition) is 0. The molecule has 0 radical (unpaired) electrons. The first-order valence-corrected chi connectivity index (χ1v) is 5.99. The molecule has 7 heteroatoms. The van der Waals surface area contributed by atoms with Crippen molar-refractivity contribution in [2.75, 3.05) is 13.7 Å². The number of methoxy groups -OCH3 is 1. The Balaban J connectivity index is 2.60. The van der Waals surface area contributed by atoms with Crippen LogP contribution in [0.4, 0.5) is 5.69 Å². The van der Waals surface area contributed by atoms with Crippen molar-refractivity contribution in [2.45, 2.75) is 6.54 Å². The fourth-order valence-corrected chi connectivity index (χ4v) is 2.52. The van der Waals surface area contributed by atoms with E-state index in [4.69, 9.17) is 4.74 Å². The third kappa shape index (κ3) is 2.25. The SMILES string of the molecule is COCCn1cc(I)c2c([N+](=O)[O-])ccnc21. The molecule has 2 aromatic heterocycles. The summed E-state index contributed by atoms with van der Waals surface area (Å²) < 4.78 is 7.69. The molecular weight excluding hydrogens is 337 g/mol.